The van der Waals surface area contributed by atoms with E-state index in [-0.39, 0.29) is 0 Å². The van der Waals surface area contributed by atoms with E-state index in [0.29, 0.717) is 0 Å². The van der Waals surface area contributed by atoms with Crippen LogP contribution in [0.4, 0.5) is 0 Å². The van der Waals surface area contributed by atoms with Crippen LogP contribution in [0.1, 0.15) is 0 Å². The number of pyridine rings is 9. The average Bonchev–Trinajstić information content (AvgIpc) is 0.765. The van der Waals surface area contributed by atoms with E-state index in [1.807, 2.05) is 55.0 Å². The molecular formula is C123H75N9. The highest BCUT2D eigenvalue weighted by Gasteiger charge is 2.20. The summed E-state index contributed by atoms with van der Waals surface area (Å²) in [5.74, 6) is 0. The minimum Gasteiger partial charge on any atom is -0.256 e. The number of hydrogen-bond acceptors (Lipinski definition) is 9. The normalized spacial score (nSPS) is 11.6. The highest BCUT2D eigenvalue weighted by molar-refractivity contribution is 6.17. The second kappa shape index (κ2) is 32.3. The lowest BCUT2D eigenvalue weighted by Crippen LogP contribution is -1.91. The molecule has 0 fully saturated rings. The van der Waals surface area contributed by atoms with E-state index in [4.69, 9.17) is 29.9 Å². The summed E-state index contributed by atoms with van der Waals surface area (Å²) in [6.45, 7) is 0. The van der Waals surface area contributed by atoms with E-state index in [0.717, 1.165) is 231 Å². The Kier molecular flexibility index (Phi) is 18.7. The van der Waals surface area contributed by atoms with Crippen LogP contribution in [0, 0.1) is 0 Å². The van der Waals surface area contributed by atoms with Gasteiger partial charge in [0, 0.05) is 117 Å². The molecule has 0 aliphatic carbocycles. The summed E-state index contributed by atoms with van der Waals surface area (Å²) in [4.78, 5) is 44.7. The summed E-state index contributed by atoms with van der Waals surface area (Å²) < 4.78 is 0. The van der Waals surface area contributed by atoms with Crippen molar-refractivity contribution in [1.29, 1.82) is 0 Å². The van der Waals surface area contributed by atoms with Crippen LogP contribution < -0.4 is 0 Å². The van der Waals surface area contributed by atoms with Crippen molar-refractivity contribution in [3.8, 4) is 101 Å². The zero-order chi connectivity index (χ0) is 87.1. The molecule has 612 valence electrons. The lowest BCUT2D eigenvalue weighted by atomic mass is 9.95. The van der Waals surface area contributed by atoms with Crippen molar-refractivity contribution in [3.05, 3.63) is 455 Å². The summed E-state index contributed by atoms with van der Waals surface area (Å²) in [7, 11) is 0. The van der Waals surface area contributed by atoms with Gasteiger partial charge in [-0.05, 0) is 215 Å². The molecule has 0 unspecified atom stereocenters. The van der Waals surface area contributed by atoms with Crippen LogP contribution in [0.2, 0.25) is 0 Å². The second-order valence-corrected chi connectivity index (χ2v) is 33.8. The fourth-order valence-electron chi connectivity index (χ4n) is 19.4. The quantitative estimate of drug-likeness (QED) is 0.130. The van der Waals surface area contributed by atoms with Gasteiger partial charge in [0.05, 0.1) is 83.8 Å². The zero-order valence-electron chi connectivity index (χ0n) is 71.3. The Hall–Kier alpha value is -17.8. The smallest absolute Gasteiger partial charge is 0.0780 e. The van der Waals surface area contributed by atoms with Gasteiger partial charge in [-0.3, -0.25) is 15.0 Å². The molecular weight excluding hydrogens is 1600 g/mol. The molecule has 0 saturated heterocycles. The van der Waals surface area contributed by atoms with Gasteiger partial charge in [-0.15, -0.1) is 0 Å². The molecule has 9 aromatic heterocycles. The maximum Gasteiger partial charge on any atom is 0.0780 e. The molecule has 9 heterocycles. The third-order valence-electron chi connectivity index (χ3n) is 26.0. The van der Waals surface area contributed by atoms with E-state index in [2.05, 4.69) is 415 Å². The van der Waals surface area contributed by atoms with Crippen molar-refractivity contribution in [2.75, 3.05) is 0 Å². The van der Waals surface area contributed by atoms with Crippen molar-refractivity contribution >= 4 is 163 Å². The summed E-state index contributed by atoms with van der Waals surface area (Å²) in [5, 5.41) is 24.4. The minimum atomic E-state index is 0.957. The predicted molar refractivity (Wildman–Crippen MR) is 551 cm³/mol. The molecule has 9 heteroatoms. The van der Waals surface area contributed by atoms with Crippen LogP contribution >= 0.6 is 0 Å². The Morgan fingerprint density at radius 2 is 0.402 bits per heavy atom. The minimum absolute atomic E-state index is 0.957. The fourth-order valence-corrected chi connectivity index (χ4v) is 19.4. The van der Waals surface area contributed by atoms with E-state index < -0.39 is 0 Å². The molecule has 0 bridgehead atoms. The molecule has 0 radical (unpaired) electrons. The van der Waals surface area contributed by atoms with Crippen LogP contribution in [0.5, 0.6) is 0 Å². The van der Waals surface area contributed by atoms with Crippen LogP contribution in [0.25, 0.3) is 264 Å². The van der Waals surface area contributed by atoms with Crippen LogP contribution in [-0.2, 0) is 0 Å². The molecule has 0 spiro atoms. The molecule has 0 amide bonds. The summed E-state index contributed by atoms with van der Waals surface area (Å²) in [6.07, 6.45) is 5.57. The number of fused-ring (bicyclic) bond motifs is 19. The number of hydrogen-bond donors (Lipinski definition) is 0. The van der Waals surface area contributed by atoms with Gasteiger partial charge < -0.3 is 0 Å². The first kappa shape index (κ1) is 76.6. The van der Waals surface area contributed by atoms with Crippen molar-refractivity contribution in [3.63, 3.8) is 0 Å². The molecule has 0 atom stereocenters. The van der Waals surface area contributed by atoms with E-state index in [9.17, 15) is 0 Å². The highest BCUT2D eigenvalue weighted by Crippen LogP contribution is 2.43. The molecule has 9 nitrogen and oxygen atoms in total. The third-order valence-corrected chi connectivity index (χ3v) is 26.0. The van der Waals surface area contributed by atoms with Gasteiger partial charge in [0.2, 0.25) is 0 Å². The third kappa shape index (κ3) is 14.0. The van der Waals surface area contributed by atoms with Gasteiger partial charge in [0.25, 0.3) is 0 Å². The van der Waals surface area contributed by atoms with Gasteiger partial charge in [-0.25, -0.2) is 29.9 Å². The maximum absolute atomic E-state index is 5.21. The first-order valence-corrected chi connectivity index (χ1v) is 44.6. The first-order valence-electron chi connectivity index (χ1n) is 44.6. The lowest BCUT2D eigenvalue weighted by molar-refractivity contribution is 1.39. The average molecular weight is 1680 g/mol. The molecule has 0 aliphatic heterocycles. The number of nitrogens with zero attached hydrogens (tertiary/aromatic N) is 9. The van der Waals surface area contributed by atoms with Crippen molar-refractivity contribution in [2.45, 2.75) is 0 Å². The maximum atomic E-state index is 5.21. The Balaban J connectivity index is 0.000000107. The Morgan fingerprint density at radius 1 is 0.121 bits per heavy atom. The number of benzene rings is 18. The Morgan fingerprint density at radius 3 is 0.826 bits per heavy atom. The van der Waals surface area contributed by atoms with E-state index in [1.54, 1.807) is 0 Å². The standard InChI is InChI=1S/C45H27N3.C41H25N3.C37H23N3/c1-2-10-34-31(8-1)25-39(36-12-4-3-11-35(34)36)42-22-19-32-24-29(18-20-41(32)47-42)30-16-15-28-17-21-43(48-44(28)27-30)40-26-33-9-7-23-46-45(33)38-14-6-5-13-37(38)40;1-2-10-32-26(7-1)8-5-13-34(32)38-21-18-30-23-28(17-19-37(30)43-38)29-15-14-27-16-20-39(44-40(27)25-29)36-24-31-9-6-22-42-41(31)35-12-4-3-11-33(35)36;1-2-7-24(8-3-1)33-18-16-28-21-26(15-17-34(28)39-33)27-13-12-25-14-19-35(40-36(25)23-27)32-22-29-9-6-20-38-37(29)31-11-5-4-10-30(31)32/h1-27H;1-25H;1-23H. The SMILES string of the molecule is c1ccc(-c2ccc3cc(-c4ccc5ccc(-c6cc7cccnc7c7ccccc67)nc5c4)ccc3n2)cc1.c1ccc2c(-c3ccc4cc(-c5ccc6ccc(-c7cc8cccnc8c8ccccc78)nc6c5)ccc4n3)cccc2c1.c1ccc2c(c1)cc(-c1ccc3cc(-c4ccc5ccc(-c6cc7cccnc7c7ccccc67)nc5c4)ccc3n1)c1ccccc12. The summed E-state index contributed by atoms with van der Waals surface area (Å²) >= 11 is 0. The molecule has 0 aliphatic rings. The molecule has 27 rings (SSSR count). The monoisotopic (exact) mass is 1680 g/mol. The number of aromatic nitrogens is 9. The van der Waals surface area contributed by atoms with Crippen molar-refractivity contribution < 1.29 is 0 Å². The van der Waals surface area contributed by atoms with E-state index >= 15 is 0 Å². The van der Waals surface area contributed by atoms with Crippen molar-refractivity contribution in [1.82, 2.24) is 44.9 Å². The molecule has 27 aromatic rings. The topological polar surface area (TPSA) is 116 Å². The predicted octanol–water partition coefficient (Wildman–Crippen LogP) is 31.9. The largest absolute Gasteiger partial charge is 0.256 e. The molecule has 0 N–H and O–H groups in total. The number of rotatable bonds is 9. The summed E-state index contributed by atoms with van der Waals surface area (Å²) in [5.41, 5.74) is 28.4. The van der Waals surface area contributed by atoms with Crippen molar-refractivity contribution in [2.24, 2.45) is 0 Å². The highest BCUT2D eigenvalue weighted by atomic mass is 14.7. The van der Waals surface area contributed by atoms with E-state index in [1.165, 1.54) is 32.3 Å². The fraction of sp³-hybridized carbons (Fsp3) is 0. The molecule has 132 heavy (non-hydrogen) atoms. The Labute approximate surface area is 758 Å². The van der Waals surface area contributed by atoms with Crippen LogP contribution in [-0.4, -0.2) is 44.9 Å². The van der Waals surface area contributed by atoms with Gasteiger partial charge in [-0.1, -0.05) is 303 Å². The molecule has 18 aromatic carbocycles. The van der Waals surface area contributed by atoms with Gasteiger partial charge in [0.1, 0.15) is 0 Å². The zero-order valence-corrected chi connectivity index (χ0v) is 71.3. The van der Waals surface area contributed by atoms with Gasteiger partial charge in [0.15, 0.2) is 0 Å². The lowest BCUT2D eigenvalue weighted by Gasteiger charge is -2.12. The second-order valence-electron chi connectivity index (χ2n) is 33.8. The van der Waals surface area contributed by atoms with Gasteiger partial charge in [-0.2, -0.15) is 0 Å². The first-order chi connectivity index (χ1) is 65.3. The summed E-state index contributed by atoms with van der Waals surface area (Å²) in [6, 6.07) is 154. The Bertz CT molecular complexity index is 9400. The molecule has 0 saturated carbocycles. The van der Waals surface area contributed by atoms with Gasteiger partial charge >= 0.3 is 0 Å². The van der Waals surface area contributed by atoms with Crippen LogP contribution in [0.3, 0.4) is 0 Å². The van der Waals surface area contributed by atoms with Crippen LogP contribution in [0.15, 0.2) is 455 Å².